The van der Waals surface area contributed by atoms with E-state index >= 15 is 0 Å². The minimum absolute atomic E-state index is 0.161. The number of hydrogen-bond donors (Lipinski definition) is 1. The van der Waals surface area contributed by atoms with E-state index in [1.165, 1.54) is 5.56 Å². The standard InChI is InChI=1S/C16H25NO2/c1-13-8-10-17(12-15(13)18)9-5-11-19-16-7-4-3-6-14(16)2/h3-4,6-7,13,15,18H,5,8-12H2,1-2H3. The first-order valence-electron chi connectivity index (χ1n) is 7.25. The fourth-order valence-electron chi connectivity index (χ4n) is 2.51. The smallest absolute Gasteiger partial charge is 0.122 e. The second kappa shape index (κ2) is 6.92. The quantitative estimate of drug-likeness (QED) is 0.828. The van der Waals surface area contributed by atoms with Crippen molar-refractivity contribution in [3.05, 3.63) is 29.8 Å². The number of aliphatic hydroxyl groups is 1. The molecular weight excluding hydrogens is 238 g/mol. The fraction of sp³-hybridized carbons (Fsp3) is 0.625. The van der Waals surface area contributed by atoms with Crippen LogP contribution in [-0.2, 0) is 0 Å². The Morgan fingerprint density at radius 2 is 2.16 bits per heavy atom. The summed E-state index contributed by atoms with van der Waals surface area (Å²) in [5, 5.41) is 9.85. The lowest BCUT2D eigenvalue weighted by Gasteiger charge is -2.34. The molecule has 2 rings (SSSR count). The van der Waals surface area contributed by atoms with Gasteiger partial charge in [0.1, 0.15) is 5.75 Å². The van der Waals surface area contributed by atoms with Crippen LogP contribution in [0.3, 0.4) is 0 Å². The van der Waals surface area contributed by atoms with Gasteiger partial charge in [0.25, 0.3) is 0 Å². The maximum Gasteiger partial charge on any atom is 0.122 e. The molecule has 1 N–H and O–H groups in total. The van der Waals surface area contributed by atoms with Crippen LogP contribution >= 0.6 is 0 Å². The molecule has 3 heteroatoms. The van der Waals surface area contributed by atoms with Crippen LogP contribution < -0.4 is 4.74 Å². The van der Waals surface area contributed by atoms with Crippen LogP contribution in [0.5, 0.6) is 5.75 Å². The minimum atomic E-state index is -0.161. The fourth-order valence-corrected chi connectivity index (χ4v) is 2.51. The zero-order valence-electron chi connectivity index (χ0n) is 12.0. The molecule has 3 nitrogen and oxygen atoms in total. The van der Waals surface area contributed by atoms with E-state index in [-0.39, 0.29) is 6.10 Å². The normalized spacial score (nSPS) is 24.4. The number of β-amino-alcohol motifs (C(OH)–C–C–N with tert-alkyl or cyclic N) is 1. The molecule has 0 saturated carbocycles. The van der Waals surface area contributed by atoms with E-state index in [1.807, 2.05) is 18.2 Å². The van der Waals surface area contributed by atoms with Gasteiger partial charge in [-0.1, -0.05) is 25.1 Å². The first kappa shape index (κ1) is 14.4. The molecule has 1 heterocycles. The molecule has 0 amide bonds. The number of para-hydroxylation sites is 1. The number of likely N-dealkylation sites (tertiary alicyclic amines) is 1. The largest absolute Gasteiger partial charge is 0.493 e. The van der Waals surface area contributed by atoms with Gasteiger partial charge in [0.15, 0.2) is 0 Å². The first-order chi connectivity index (χ1) is 9.16. The van der Waals surface area contributed by atoms with Crippen LogP contribution in [0.4, 0.5) is 0 Å². The molecule has 0 aliphatic carbocycles. The molecule has 1 saturated heterocycles. The second-order valence-electron chi connectivity index (χ2n) is 5.60. The summed E-state index contributed by atoms with van der Waals surface area (Å²) in [6.45, 7) is 7.86. The number of piperidine rings is 1. The molecule has 2 atom stereocenters. The summed E-state index contributed by atoms with van der Waals surface area (Å²) in [5.41, 5.74) is 1.18. The number of hydrogen-bond acceptors (Lipinski definition) is 3. The zero-order chi connectivity index (χ0) is 13.7. The molecule has 0 bridgehead atoms. The van der Waals surface area contributed by atoms with Crippen molar-refractivity contribution < 1.29 is 9.84 Å². The predicted molar refractivity (Wildman–Crippen MR) is 77.5 cm³/mol. The molecular formula is C16H25NO2. The number of ether oxygens (including phenoxy) is 1. The number of aryl methyl sites for hydroxylation is 1. The summed E-state index contributed by atoms with van der Waals surface area (Å²) in [6, 6.07) is 8.11. The van der Waals surface area contributed by atoms with Gasteiger partial charge in [0.2, 0.25) is 0 Å². The van der Waals surface area contributed by atoms with Crippen LogP contribution in [0.1, 0.15) is 25.3 Å². The van der Waals surface area contributed by atoms with Gasteiger partial charge in [-0.25, -0.2) is 0 Å². The van der Waals surface area contributed by atoms with Crippen LogP contribution in [0, 0.1) is 12.8 Å². The van der Waals surface area contributed by atoms with Crippen molar-refractivity contribution in [3.8, 4) is 5.75 Å². The van der Waals surface area contributed by atoms with Gasteiger partial charge in [-0.2, -0.15) is 0 Å². The van der Waals surface area contributed by atoms with Gasteiger partial charge in [-0.3, -0.25) is 0 Å². The maximum absolute atomic E-state index is 9.85. The molecule has 2 unspecified atom stereocenters. The van der Waals surface area contributed by atoms with Crippen molar-refractivity contribution in [2.75, 3.05) is 26.2 Å². The molecule has 1 fully saturated rings. The lowest BCUT2D eigenvalue weighted by atomic mass is 9.96. The summed E-state index contributed by atoms with van der Waals surface area (Å²) in [7, 11) is 0. The highest BCUT2D eigenvalue weighted by Gasteiger charge is 2.23. The van der Waals surface area contributed by atoms with Gasteiger partial charge in [0, 0.05) is 13.1 Å². The summed E-state index contributed by atoms with van der Waals surface area (Å²) in [6.07, 6.45) is 1.95. The third kappa shape index (κ3) is 4.22. The summed E-state index contributed by atoms with van der Waals surface area (Å²) < 4.78 is 5.79. The Morgan fingerprint density at radius 3 is 2.89 bits per heavy atom. The molecule has 0 spiro atoms. The Kier molecular flexibility index (Phi) is 5.23. The van der Waals surface area contributed by atoms with Gasteiger partial charge in [-0.15, -0.1) is 0 Å². The number of rotatable bonds is 5. The number of nitrogens with zero attached hydrogens (tertiary/aromatic N) is 1. The van der Waals surface area contributed by atoms with Crippen LogP contribution in [0.25, 0.3) is 0 Å². The summed E-state index contributed by atoms with van der Waals surface area (Å²) in [5.74, 6) is 1.43. The molecule has 0 aromatic heterocycles. The first-order valence-corrected chi connectivity index (χ1v) is 7.25. The summed E-state index contributed by atoms with van der Waals surface area (Å²) in [4.78, 5) is 2.34. The van der Waals surface area contributed by atoms with E-state index < -0.39 is 0 Å². The van der Waals surface area contributed by atoms with Crippen molar-refractivity contribution in [2.45, 2.75) is 32.8 Å². The van der Waals surface area contributed by atoms with Crippen LogP contribution in [0.15, 0.2) is 24.3 Å². The van der Waals surface area contributed by atoms with Crippen molar-refractivity contribution >= 4 is 0 Å². The van der Waals surface area contributed by atoms with E-state index in [2.05, 4.69) is 24.8 Å². The Balaban J connectivity index is 1.66. The lowest BCUT2D eigenvalue weighted by molar-refractivity contribution is 0.0275. The van der Waals surface area contributed by atoms with Gasteiger partial charge in [-0.05, 0) is 43.9 Å². The highest BCUT2D eigenvalue weighted by molar-refractivity contribution is 5.31. The summed E-state index contributed by atoms with van der Waals surface area (Å²) >= 11 is 0. The highest BCUT2D eigenvalue weighted by atomic mass is 16.5. The van der Waals surface area contributed by atoms with E-state index in [4.69, 9.17) is 4.74 Å². The number of aliphatic hydroxyl groups excluding tert-OH is 1. The van der Waals surface area contributed by atoms with Gasteiger partial charge >= 0.3 is 0 Å². The Bertz CT molecular complexity index is 394. The SMILES string of the molecule is Cc1ccccc1OCCCN1CCC(C)C(O)C1. The third-order valence-electron chi connectivity index (χ3n) is 3.97. The Morgan fingerprint density at radius 1 is 1.37 bits per heavy atom. The molecule has 1 aliphatic heterocycles. The van der Waals surface area contributed by atoms with Crippen molar-refractivity contribution in [3.63, 3.8) is 0 Å². The maximum atomic E-state index is 9.85. The van der Waals surface area contributed by atoms with Crippen LogP contribution in [-0.4, -0.2) is 42.4 Å². The van der Waals surface area contributed by atoms with Gasteiger partial charge in [0.05, 0.1) is 12.7 Å². The molecule has 0 radical (unpaired) electrons. The topological polar surface area (TPSA) is 32.7 Å². The van der Waals surface area contributed by atoms with Gasteiger partial charge < -0.3 is 14.7 Å². The molecule has 106 valence electrons. The van der Waals surface area contributed by atoms with E-state index in [1.54, 1.807) is 0 Å². The third-order valence-corrected chi connectivity index (χ3v) is 3.97. The van der Waals surface area contributed by atoms with Crippen molar-refractivity contribution in [1.29, 1.82) is 0 Å². The molecule has 1 aromatic carbocycles. The second-order valence-corrected chi connectivity index (χ2v) is 5.60. The van der Waals surface area contributed by atoms with E-state index in [0.29, 0.717) is 5.92 Å². The lowest BCUT2D eigenvalue weighted by Crippen LogP contribution is -2.43. The van der Waals surface area contributed by atoms with Crippen molar-refractivity contribution in [2.24, 2.45) is 5.92 Å². The average Bonchev–Trinajstić information content (AvgIpc) is 2.40. The van der Waals surface area contributed by atoms with Crippen LogP contribution in [0.2, 0.25) is 0 Å². The zero-order valence-corrected chi connectivity index (χ0v) is 12.0. The highest BCUT2D eigenvalue weighted by Crippen LogP contribution is 2.18. The monoisotopic (exact) mass is 263 g/mol. The number of benzene rings is 1. The molecule has 1 aromatic rings. The van der Waals surface area contributed by atoms with Crippen molar-refractivity contribution in [1.82, 2.24) is 4.90 Å². The molecule has 19 heavy (non-hydrogen) atoms. The Labute approximate surface area is 116 Å². The molecule has 1 aliphatic rings. The Hall–Kier alpha value is -1.06. The predicted octanol–water partition coefficient (Wildman–Crippen LogP) is 2.47. The van der Waals surface area contributed by atoms with E-state index in [0.717, 1.165) is 44.8 Å². The minimum Gasteiger partial charge on any atom is -0.493 e. The van der Waals surface area contributed by atoms with E-state index in [9.17, 15) is 5.11 Å². The average molecular weight is 263 g/mol.